The van der Waals surface area contributed by atoms with E-state index in [4.69, 9.17) is 11.6 Å². The average molecular weight is 447 g/mol. The maximum Gasteiger partial charge on any atom is 0.274 e. The summed E-state index contributed by atoms with van der Waals surface area (Å²) < 4.78 is 1.80. The molecular formula is C19H19ClN6O3S. The van der Waals surface area contributed by atoms with Crippen LogP contribution in [0.3, 0.4) is 0 Å². The third-order valence-electron chi connectivity index (χ3n) is 4.22. The minimum absolute atomic E-state index is 0.0365. The van der Waals surface area contributed by atoms with Crippen LogP contribution in [0.4, 0.5) is 17.1 Å². The van der Waals surface area contributed by atoms with Crippen molar-refractivity contribution in [3.8, 4) is 0 Å². The Kier molecular flexibility index (Phi) is 6.91. The first-order chi connectivity index (χ1) is 14.3. The highest BCUT2D eigenvalue weighted by Gasteiger charge is 2.14. The quantitative estimate of drug-likeness (QED) is 0.305. The Hall–Kier alpha value is -3.11. The van der Waals surface area contributed by atoms with Crippen molar-refractivity contribution in [3.05, 3.63) is 69.0 Å². The molecule has 0 radical (unpaired) electrons. The second-order valence-electron chi connectivity index (χ2n) is 6.42. The van der Waals surface area contributed by atoms with E-state index in [0.29, 0.717) is 33.8 Å². The molecule has 9 nitrogen and oxygen atoms in total. The fourth-order valence-corrected chi connectivity index (χ4v) is 3.54. The summed E-state index contributed by atoms with van der Waals surface area (Å²) in [4.78, 5) is 22.8. The van der Waals surface area contributed by atoms with E-state index in [1.54, 1.807) is 29.7 Å². The third-order valence-corrected chi connectivity index (χ3v) is 5.48. The summed E-state index contributed by atoms with van der Waals surface area (Å²) in [7, 11) is 1.82. The highest BCUT2D eigenvalue weighted by molar-refractivity contribution is 7.99. The molecule has 156 valence electrons. The van der Waals surface area contributed by atoms with Gasteiger partial charge in [0, 0.05) is 35.1 Å². The van der Waals surface area contributed by atoms with Gasteiger partial charge in [0.1, 0.15) is 0 Å². The fraction of sp³-hybridized carbons (Fsp3) is 0.211. The largest absolute Gasteiger partial charge is 0.378 e. The van der Waals surface area contributed by atoms with Crippen LogP contribution in [0.15, 0.2) is 47.6 Å². The second kappa shape index (κ2) is 9.59. The number of aromatic nitrogens is 3. The number of amides is 1. The molecule has 0 atom stereocenters. The Morgan fingerprint density at radius 2 is 2.03 bits per heavy atom. The number of rotatable bonds is 8. The molecule has 0 saturated carbocycles. The van der Waals surface area contributed by atoms with Crippen LogP contribution in [0.2, 0.25) is 5.02 Å². The molecule has 3 rings (SSSR count). The number of hydrogen-bond acceptors (Lipinski definition) is 7. The van der Waals surface area contributed by atoms with Crippen molar-refractivity contribution in [2.45, 2.75) is 18.6 Å². The Bertz CT molecular complexity index is 1090. The maximum absolute atomic E-state index is 12.2. The molecular weight excluding hydrogens is 428 g/mol. The van der Waals surface area contributed by atoms with E-state index in [9.17, 15) is 14.9 Å². The number of nitrogens with one attached hydrogen (secondary N) is 2. The minimum Gasteiger partial charge on any atom is -0.378 e. The maximum atomic E-state index is 12.2. The average Bonchev–Trinajstić information content (AvgIpc) is 3.05. The number of nitrogens with zero attached hydrogens (tertiary/aromatic N) is 4. The number of benzene rings is 2. The first-order valence-corrected chi connectivity index (χ1v) is 10.2. The Morgan fingerprint density at radius 1 is 1.23 bits per heavy atom. The molecule has 0 aliphatic rings. The number of carbonyl (C=O) groups is 1. The standard InChI is InChI=1S/C19H19ClN6O3S/c1-12-6-7-15(9-16(12)26(28)29)22-18(27)11-30-19-24-23-17(25(19)2)10-21-14-5-3-4-13(20)8-14/h3-9,21H,10-11H2,1-2H3,(H,22,27). The summed E-state index contributed by atoms with van der Waals surface area (Å²) in [6.07, 6.45) is 0. The smallest absolute Gasteiger partial charge is 0.274 e. The fourth-order valence-electron chi connectivity index (χ4n) is 2.62. The van der Waals surface area contributed by atoms with Crippen LogP contribution in [-0.2, 0) is 18.4 Å². The molecule has 1 heterocycles. The molecule has 0 bridgehead atoms. The summed E-state index contributed by atoms with van der Waals surface area (Å²) in [6.45, 7) is 2.09. The van der Waals surface area contributed by atoms with E-state index in [2.05, 4.69) is 20.8 Å². The van der Waals surface area contributed by atoms with Gasteiger partial charge in [0.05, 0.1) is 17.2 Å². The molecule has 1 aromatic heterocycles. The molecule has 0 saturated heterocycles. The molecule has 3 aromatic rings. The van der Waals surface area contributed by atoms with Crippen LogP contribution in [0.5, 0.6) is 0 Å². The summed E-state index contributed by atoms with van der Waals surface area (Å²) in [5, 5.41) is 26.4. The molecule has 0 fully saturated rings. The number of anilines is 2. The van der Waals surface area contributed by atoms with Crippen molar-refractivity contribution in [3.63, 3.8) is 0 Å². The van der Waals surface area contributed by atoms with Crippen molar-refractivity contribution < 1.29 is 9.72 Å². The molecule has 11 heteroatoms. The Balaban J connectivity index is 1.55. The number of aryl methyl sites for hydroxylation is 1. The summed E-state index contributed by atoms with van der Waals surface area (Å²) in [5.41, 5.74) is 1.74. The number of hydrogen-bond donors (Lipinski definition) is 2. The van der Waals surface area contributed by atoms with Crippen molar-refractivity contribution in [1.82, 2.24) is 14.8 Å². The molecule has 0 unspecified atom stereocenters. The lowest BCUT2D eigenvalue weighted by Crippen LogP contribution is -2.15. The number of halogens is 1. The van der Waals surface area contributed by atoms with Crippen LogP contribution >= 0.6 is 23.4 Å². The van der Waals surface area contributed by atoms with Gasteiger partial charge in [0.25, 0.3) is 5.69 Å². The lowest BCUT2D eigenvalue weighted by molar-refractivity contribution is -0.385. The van der Waals surface area contributed by atoms with Gasteiger partial charge in [-0.25, -0.2) is 0 Å². The highest BCUT2D eigenvalue weighted by Crippen LogP contribution is 2.23. The second-order valence-corrected chi connectivity index (χ2v) is 7.80. The molecule has 1 amide bonds. The lowest BCUT2D eigenvalue weighted by Gasteiger charge is -2.08. The summed E-state index contributed by atoms with van der Waals surface area (Å²) >= 11 is 7.20. The van der Waals surface area contributed by atoms with Crippen LogP contribution < -0.4 is 10.6 Å². The molecule has 30 heavy (non-hydrogen) atoms. The zero-order chi connectivity index (χ0) is 21.7. The van der Waals surface area contributed by atoms with Crippen molar-refractivity contribution >= 4 is 46.3 Å². The first-order valence-electron chi connectivity index (χ1n) is 8.89. The zero-order valence-corrected chi connectivity index (χ0v) is 17.8. The van der Waals surface area contributed by atoms with Gasteiger partial charge < -0.3 is 15.2 Å². The van der Waals surface area contributed by atoms with Crippen molar-refractivity contribution in [2.24, 2.45) is 7.05 Å². The highest BCUT2D eigenvalue weighted by atomic mass is 35.5. The minimum atomic E-state index is -0.474. The molecule has 0 spiro atoms. The predicted octanol–water partition coefficient (Wildman–Crippen LogP) is 4.03. The predicted molar refractivity (Wildman–Crippen MR) is 117 cm³/mol. The summed E-state index contributed by atoms with van der Waals surface area (Å²) in [6, 6.07) is 11.9. The van der Waals surface area contributed by atoms with E-state index in [-0.39, 0.29) is 17.3 Å². The molecule has 0 aliphatic heterocycles. The normalized spacial score (nSPS) is 10.6. The monoisotopic (exact) mass is 446 g/mol. The number of thioether (sulfide) groups is 1. The van der Waals surface area contributed by atoms with E-state index in [1.165, 1.54) is 17.8 Å². The number of nitro benzene ring substituents is 1. The van der Waals surface area contributed by atoms with Gasteiger partial charge in [-0.3, -0.25) is 14.9 Å². The van der Waals surface area contributed by atoms with Crippen LogP contribution in [0.25, 0.3) is 0 Å². The van der Waals surface area contributed by atoms with E-state index >= 15 is 0 Å². The Morgan fingerprint density at radius 3 is 2.77 bits per heavy atom. The van der Waals surface area contributed by atoms with E-state index < -0.39 is 4.92 Å². The number of carbonyl (C=O) groups excluding carboxylic acids is 1. The zero-order valence-electron chi connectivity index (χ0n) is 16.3. The third kappa shape index (κ3) is 5.49. The van der Waals surface area contributed by atoms with Crippen LogP contribution in [0, 0.1) is 17.0 Å². The molecule has 2 N–H and O–H groups in total. The van der Waals surface area contributed by atoms with Crippen molar-refractivity contribution in [1.29, 1.82) is 0 Å². The SMILES string of the molecule is Cc1ccc(NC(=O)CSc2nnc(CNc3cccc(Cl)c3)n2C)cc1[N+](=O)[O-]. The topological polar surface area (TPSA) is 115 Å². The van der Waals surface area contributed by atoms with Gasteiger partial charge in [-0.2, -0.15) is 0 Å². The summed E-state index contributed by atoms with van der Waals surface area (Å²) in [5.74, 6) is 0.502. The van der Waals surface area contributed by atoms with Gasteiger partial charge in [0.2, 0.25) is 5.91 Å². The molecule has 0 aliphatic carbocycles. The van der Waals surface area contributed by atoms with Gasteiger partial charge in [-0.05, 0) is 31.2 Å². The van der Waals surface area contributed by atoms with Gasteiger partial charge in [-0.1, -0.05) is 35.5 Å². The van der Waals surface area contributed by atoms with E-state index in [1.807, 2.05) is 25.2 Å². The van der Waals surface area contributed by atoms with E-state index in [0.717, 1.165) is 5.69 Å². The van der Waals surface area contributed by atoms with Crippen LogP contribution in [-0.4, -0.2) is 31.3 Å². The van der Waals surface area contributed by atoms with Gasteiger partial charge in [0.15, 0.2) is 11.0 Å². The number of nitro groups is 1. The van der Waals surface area contributed by atoms with Crippen molar-refractivity contribution in [2.75, 3.05) is 16.4 Å². The molecule has 2 aromatic carbocycles. The van der Waals surface area contributed by atoms with Gasteiger partial charge in [-0.15, -0.1) is 10.2 Å². The van der Waals surface area contributed by atoms with Gasteiger partial charge >= 0.3 is 0 Å². The Labute approximate surface area is 182 Å². The van der Waals surface area contributed by atoms with Crippen LogP contribution in [0.1, 0.15) is 11.4 Å². The first kappa shape index (κ1) is 21.6. The lowest BCUT2D eigenvalue weighted by atomic mass is 10.2.